The Kier molecular flexibility index (Phi) is 2.41. The predicted octanol–water partition coefficient (Wildman–Crippen LogP) is -2.49. The summed E-state index contributed by atoms with van der Waals surface area (Å²) in [5.41, 5.74) is -2.49. The molecule has 2 saturated heterocycles. The van der Waals surface area contributed by atoms with Crippen LogP contribution in [-0.2, 0) is 28.6 Å². The van der Waals surface area contributed by atoms with Gasteiger partial charge in [-0.1, -0.05) is 0 Å². The van der Waals surface area contributed by atoms with Gasteiger partial charge in [-0.15, -0.1) is 0 Å². The van der Waals surface area contributed by atoms with Crippen molar-refractivity contribution in [2.24, 2.45) is 0 Å². The highest BCUT2D eigenvalue weighted by Gasteiger charge is 2.65. The van der Waals surface area contributed by atoms with E-state index in [0.29, 0.717) is 0 Å². The number of aliphatic hydroxyl groups is 3. The van der Waals surface area contributed by atoms with Crippen LogP contribution in [-0.4, -0.2) is 50.6 Å². The number of hydrogen-bond donors (Lipinski definition) is 3. The Labute approximate surface area is 99.9 Å². The summed E-state index contributed by atoms with van der Waals surface area (Å²) in [5.74, 6) is -9.89. The van der Waals surface area contributed by atoms with Crippen LogP contribution in [0.15, 0.2) is 0 Å². The lowest BCUT2D eigenvalue weighted by Gasteiger charge is -2.37. The lowest BCUT2D eigenvalue weighted by Crippen LogP contribution is -2.61. The molecule has 3 unspecified atom stereocenters. The summed E-state index contributed by atoms with van der Waals surface area (Å²) in [6, 6.07) is 0. The molecule has 18 heavy (non-hydrogen) atoms. The van der Waals surface area contributed by atoms with Crippen molar-refractivity contribution >= 4 is 17.9 Å². The van der Waals surface area contributed by atoms with Crippen molar-refractivity contribution in [3.63, 3.8) is 0 Å². The van der Waals surface area contributed by atoms with Crippen molar-refractivity contribution in [3.05, 3.63) is 0 Å². The van der Waals surface area contributed by atoms with Crippen LogP contribution in [0.25, 0.3) is 0 Å². The number of rotatable bonds is 0. The largest absolute Gasteiger partial charge is 0.443 e. The molecule has 3 atom stereocenters. The number of carbonyl (C=O) groups excluding carboxylic acids is 3. The van der Waals surface area contributed by atoms with E-state index < -0.39 is 48.1 Å². The molecule has 0 aromatic carbocycles. The third kappa shape index (κ3) is 1.72. The average molecular weight is 262 g/mol. The third-order valence-corrected chi connectivity index (χ3v) is 2.64. The summed E-state index contributed by atoms with van der Waals surface area (Å²) in [5, 5.41) is 29.3. The van der Waals surface area contributed by atoms with Gasteiger partial charge in [-0.3, -0.25) is 9.59 Å². The second-order valence-corrected chi connectivity index (χ2v) is 4.29. The molecule has 100 valence electrons. The van der Waals surface area contributed by atoms with E-state index in [1.54, 1.807) is 0 Å². The topological polar surface area (TPSA) is 140 Å². The van der Waals surface area contributed by atoms with Gasteiger partial charge in [-0.05, 0) is 0 Å². The minimum absolute atomic E-state index is 0.765. The molecule has 9 nitrogen and oxygen atoms in total. The van der Waals surface area contributed by atoms with Gasteiger partial charge in [0.15, 0.2) is 5.60 Å². The van der Waals surface area contributed by atoms with Gasteiger partial charge in [0.2, 0.25) is 0 Å². The molecule has 2 aliphatic rings. The lowest BCUT2D eigenvalue weighted by molar-refractivity contribution is -0.438. The van der Waals surface area contributed by atoms with Crippen LogP contribution >= 0.6 is 0 Å². The third-order valence-electron chi connectivity index (χ3n) is 2.64. The summed E-state index contributed by atoms with van der Waals surface area (Å²) in [6.07, 6.45) is -1.81. The molecule has 2 aliphatic heterocycles. The maximum atomic E-state index is 11.6. The molecule has 0 radical (unpaired) electrons. The molecule has 0 aromatic heterocycles. The van der Waals surface area contributed by atoms with Crippen molar-refractivity contribution in [2.45, 2.75) is 37.1 Å². The Morgan fingerprint density at radius 2 is 1.44 bits per heavy atom. The summed E-state index contributed by atoms with van der Waals surface area (Å²) in [6.45, 7) is 0.765. The molecule has 2 rings (SSSR count). The minimum atomic E-state index is -3.21. The van der Waals surface area contributed by atoms with E-state index in [2.05, 4.69) is 14.2 Å². The van der Waals surface area contributed by atoms with Crippen molar-refractivity contribution in [1.29, 1.82) is 0 Å². The summed E-state index contributed by atoms with van der Waals surface area (Å²) >= 11 is 0. The molecule has 3 N–H and O–H groups in total. The van der Waals surface area contributed by atoms with Gasteiger partial charge in [0, 0.05) is 6.92 Å². The van der Waals surface area contributed by atoms with Crippen LogP contribution in [0.2, 0.25) is 0 Å². The van der Waals surface area contributed by atoms with Crippen LogP contribution in [0.5, 0.6) is 0 Å². The van der Waals surface area contributed by atoms with Crippen LogP contribution in [0.1, 0.15) is 19.8 Å². The van der Waals surface area contributed by atoms with Gasteiger partial charge in [-0.25, -0.2) is 4.79 Å². The van der Waals surface area contributed by atoms with E-state index in [1.807, 2.05) is 0 Å². The first-order chi connectivity index (χ1) is 8.08. The quantitative estimate of drug-likeness (QED) is 0.404. The highest BCUT2D eigenvalue weighted by Crippen LogP contribution is 2.37. The van der Waals surface area contributed by atoms with Gasteiger partial charge < -0.3 is 29.5 Å². The number of esters is 3. The maximum Gasteiger partial charge on any atom is 0.443 e. The lowest BCUT2D eigenvalue weighted by atomic mass is 9.95. The molecule has 9 heteroatoms. The fourth-order valence-corrected chi connectivity index (χ4v) is 1.63. The normalized spacial score (nSPS) is 44.3. The maximum absolute atomic E-state index is 11.6. The van der Waals surface area contributed by atoms with Crippen molar-refractivity contribution in [2.75, 3.05) is 0 Å². The molecule has 0 aromatic rings. The highest BCUT2D eigenvalue weighted by molar-refractivity contribution is 5.92. The Balaban J connectivity index is 2.56. The van der Waals surface area contributed by atoms with Crippen LogP contribution in [0.3, 0.4) is 0 Å². The van der Waals surface area contributed by atoms with Gasteiger partial charge in [-0.2, -0.15) is 0 Å². The standard InChI is InChI=1S/C9H10O9/c1-7(13)9(15)17-5(11)3-8(14,6(12)18-9)2-4(10)16-7/h13-15H,2-3H2,1H3. The van der Waals surface area contributed by atoms with Crippen molar-refractivity contribution in [1.82, 2.24) is 0 Å². The zero-order valence-corrected chi connectivity index (χ0v) is 9.21. The van der Waals surface area contributed by atoms with Crippen molar-refractivity contribution in [3.8, 4) is 0 Å². The van der Waals surface area contributed by atoms with Crippen LogP contribution in [0.4, 0.5) is 0 Å². The molecule has 2 heterocycles. The molecule has 0 saturated carbocycles. The minimum Gasteiger partial charge on any atom is -0.422 e. The van der Waals surface area contributed by atoms with E-state index in [4.69, 9.17) is 0 Å². The van der Waals surface area contributed by atoms with Gasteiger partial charge in [0.05, 0.1) is 12.8 Å². The number of carbonyl (C=O) groups is 3. The zero-order chi connectivity index (χ0) is 13.8. The SMILES string of the molecule is CC1(O)OC(=O)CC2(O)CC(=O)OC1(O)OC2=O. The van der Waals surface area contributed by atoms with E-state index in [0.717, 1.165) is 6.92 Å². The predicted molar refractivity (Wildman–Crippen MR) is 48.0 cm³/mol. The second-order valence-electron chi connectivity index (χ2n) is 4.29. The Hall–Kier alpha value is -1.71. The molecule has 2 fully saturated rings. The molecular formula is C9H10O9. The molecule has 2 bridgehead atoms. The fraction of sp³-hybridized carbons (Fsp3) is 0.667. The Bertz CT molecular complexity index is 439. The van der Waals surface area contributed by atoms with Crippen molar-refractivity contribution < 1.29 is 43.9 Å². The van der Waals surface area contributed by atoms with E-state index in [1.165, 1.54) is 0 Å². The molecule has 0 spiro atoms. The van der Waals surface area contributed by atoms with E-state index in [9.17, 15) is 29.7 Å². The number of ether oxygens (including phenoxy) is 3. The monoisotopic (exact) mass is 262 g/mol. The van der Waals surface area contributed by atoms with Crippen LogP contribution < -0.4 is 0 Å². The number of fused-ring (bicyclic) bond motifs is 3. The van der Waals surface area contributed by atoms with Gasteiger partial charge in [0.25, 0.3) is 0 Å². The summed E-state index contributed by atoms with van der Waals surface area (Å²) in [7, 11) is 0. The highest BCUT2D eigenvalue weighted by atomic mass is 16.9. The van der Waals surface area contributed by atoms with E-state index >= 15 is 0 Å². The Morgan fingerprint density at radius 1 is 0.944 bits per heavy atom. The van der Waals surface area contributed by atoms with Gasteiger partial charge >= 0.3 is 29.7 Å². The smallest absolute Gasteiger partial charge is 0.422 e. The molecule has 0 amide bonds. The summed E-state index contributed by atoms with van der Waals surface area (Å²) < 4.78 is 13.1. The fourth-order valence-electron chi connectivity index (χ4n) is 1.63. The number of hydrogen-bond acceptors (Lipinski definition) is 9. The first kappa shape index (κ1) is 12.7. The first-order valence-electron chi connectivity index (χ1n) is 4.92. The average Bonchev–Trinajstić information content (AvgIpc) is 2.18. The second kappa shape index (κ2) is 3.40. The van der Waals surface area contributed by atoms with Gasteiger partial charge in [0.1, 0.15) is 0 Å². The molecule has 0 aliphatic carbocycles. The zero-order valence-electron chi connectivity index (χ0n) is 9.21. The summed E-state index contributed by atoms with van der Waals surface area (Å²) in [4.78, 5) is 34.3. The number of cyclic esters (lactones) is 1. The first-order valence-corrected chi connectivity index (χ1v) is 4.92. The Morgan fingerprint density at radius 3 is 2.00 bits per heavy atom. The molecular weight excluding hydrogens is 252 g/mol. The van der Waals surface area contributed by atoms with Crippen LogP contribution in [0, 0.1) is 0 Å². The van der Waals surface area contributed by atoms with E-state index in [-0.39, 0.29) is 0 Å².